The fourth-order valence-corrected chi connectivity index (χ4v) is 21.7. The molecule has 3 aromatic heterocycles. The third-order valence-electron chi connectivity index (χ3n) is 29.7. The van der Waals surface area contributed by atoms with E-state index in [1.54, 1.807) is 0 Å². The Hall–Kier alpha value is -19.1. The molecule has 150 heavy (non-hydrogen) atoms. The van der Waals surface area contributed by atoms with Crippen LogP contribution in [0.5, 0.6) is 0 Å². The van der Waals surface area contributed by atoms with E-state index in [0.29, 0.717) is 0 Å². The molecular weight excluding hydrogens is 1820 g/mol. The lowest BCUT2D eigenvalue weighted by molar-refractivity contribution is 0.660. The number of hydrogen-bond donors (Lipinski definition) is 0. The number of nitrogens with zero attached hydrogens (tertiary/aromatic N) is 3. The van der Waals surface area contributed by atoms with Crippen molar-refractivity contribution in [2.75, 3.05) is 14.7 Å². The Morgan fingerprint density at radius 1 is 0.147 bits per heavy atom. The molecule has 6 nitrogen and oxygen atoms in total. The number of hydrogen-bond acceptors (Lipinski definition) is 6. The summed E-state index contributed by atoms with van der Waals surface area (Å²) >= 11 is 0. The molecule has 0 atom stereocenters. The maximum Gasteiger partial charge on any atom is 0.143 e. The van der Waals surface area contributed by atoms with Gasteiger partial charge in [0, 0.05) is 106 Å². The minimum atomic E-state index is -0.0595. The second kappa shape index (κ2) is 39.8. The summed E-state index contributed by atoms with van der Waals surface area (Å²) < 4.78 is 19.1. The van der Waals surface area contributed by atoms with E-state index in [2.05, 4.69) is 559 Å². The molecule has 1 aliphatic rings. The summed E-state index contributed by atoms with van der Waals surface area (Å²) in [6.07, 6.45) is 0. The van der Waals surface area contributed by atoms with E-state index < -0.39 is 0 Å². The van der Waals surface area contributed by atoms with E-state index in [9.17, 15) is 0 Å². The van der Waals surface area contributed by atoms with Crippen LogP contribution in [0.1, 0.15) is 41.7 Å². The van der Waals surface area contributed by atoms with Crippen molar-refractivity contribution in [3.8, 4) is 122 Å². The van der Waals surface area contributed by atoms with Crippen LogP contribution in [0.4, 0.5) is 51.2 Å². The first-order valence-corrected chi connectivity index (χ1v) is 51.5. The summed E-state index contributed by atoms with van der Waals surface area (Å²) in [5.41, 5.74) is 48.0. The van der Waals surface area contributed by atoms with Gasteiger partial charge in [-0.25, -0.2) is 0 Å². The molecule has 0 N–H and O–H groups in total. The molecule has 26 aromatic rings. The molecule has 0 spiro atoms. The van der Waals surface area contributed by atoms with Gasteiger partial charge >= 0.3 is 0 Å². The SMILES string of the molecule is Cc1ccc(-c2ccc(N(c3ccc(-c4cc(-c5ccccc5)cc(-c5ccccc5)c4)cc3)c3ccc(-c4cccc5c4oc4ccccc45)cc3)cc2)cc1.Cc1ccc(-c2ccc(N(c3ccc(-c4ccc(-c5ccccc5)cc4)cc3)c3ccc(-c4cccc5c4oc4ccccc45)cc3)cc2)cc1.Cc1ccc(N(c2ccc(-c3cccc4c3oc3ccccc34)cc2)c2ccc3c(c2)C(C)(C)c2ccccc2-3)cc1. The second-order valence-corrected chi connectivity index (χ2v) is 39.6. The highest BCUT2D eigenvalue weighted by Crippen LogP contribution is 2.53. The largest absolute Gasteiger partial charge is 0.455 e. The van der Waals surface area contributed by atoms with Gasteiger partial charge in [0.25, 0.3) is 0 Å². The zero-order chi connectivity index (χ0) is 101. The predicted molar refractivity (Wildman–Crippen MR) is 631 cm³/mol. The summed E-state index contributed by atoms with van der Waals surface area (Å²) in [7, 11) is 0. The summed E-state index contributed by atoms with van der Waals surface area (Å²) in [4.78, 5) is 7.03. The van der Waals surface area contributed by atoms with Crippen LogP contribution in [0.3, 0.4) is 0 Å². The van der Waals surface area contributed by atoms with Crippen LogP contribution in [0.25, 0.3) is 188 Å². The molecule has 3 heterocycles. The summed E-state index contributed by atoms with van der Waals surface area (Å²) in [5, 5.41) is 6.85. The van der Waals surface area contributed by atoms with Crippen LogP contribution in [0.2, 0.25) is 0 Å². The fourth-order valence-electron chi connectivity index (χ4n) is 21.7. The van der Waals surface area contributed by atoms with Gasteiger partial charge in [0.1, 0.15) is 33.5 Å². The van der Waals surface area contributed by atoms with E-state index in [4.69, 9.17) is 13.3 Å². The Labute approximate surface area is 874 Å². The van der Waals surface area contributed by atoms with E-state index in [1.807, 2.05) is 36.4 Å². The van der Waals surface area contributed by atoms with Crippen molar-refractivity contribution in [3.63, 3.8) is 0 Å². The minimum Gasteiger partial charge on any atom is -0.455 e. The number of fused-ring (bicyclic) bond motifs is 12. The minimum absolute atomic E-state index is 0.0595. The maximum atomic E-state index is 6.41. The van der Waals surface area contributed by atoms with Crippen LogP contribution in [0.15, 0.2) is 559 Å². The normalized spacial score (nSPS) is 11.8. The molecule has 1 aliphatic carbocycles. The van der Waals surface area contributed by atoms with Gasteiger partial charge < -0.3 is 28.0 Å². The highest BCUT2D eigenvalue weighted by atomic mass is 16.3. The quantitative estimate of drug-likeness (QED) is 0.0804. The van der Waals surface area contributed by atoms with Crippen molar-refractivity contribution in [2.24, 2.45) is 0 Å². The summed E-state index contributed by atoms with van der Waals surface area (Å²) in [5.74, 6) is 0. The molecule has 27 rings (SSSR count). The van der Waals surface area contributed by atoms with Gasteiger partial charge in [-0.2, -0.15) is 0 Å². The van der Waals surface area contributed by atoms with E-state index in [0.717, 1.165) is 156 Å². The van der Waals surface area contributed by atoms with Crippen molar-refractivity contribution in [1.82, 2.24) is 0 Å². The molecular formula is C144H105N3O3. The summed E-state index contributed by atoms with van der Waals surface area (Å²) in [6.45, 7) is 11.1. The fraction of sp³-hybridized carbons (Fsp3) is 0.0417. The molecule has 0 amide bonds. The standard InChI is InChI=1S/C55H39NO.C49H35NO.C40H31NO/c1-38-19-21-41(22-20-38)42-23-29-48(30-24-42)56(50-33-27-44(28-34-50)51-16-10-17-53-52-15-8-9-18-54(52)57-55(51)53)49-31-25-43(26-32-49)47-36-45(39-11-4-2-5-12-39)35-46(37-47)40-13-6-3-7-14-40;1-34-14-16-36(17-15-34)39-22-28-42(29-23-39)50(43-30-24-40(25-31-43)38-20-18-37(19-21-38)35-8-3-2-4-9-35)44-32-26-41(27-33-44)45-11-7-12-47-46-10-5-6-13-48(46)51-49(45)47;1-26-15-19-28(20-16-26)41(30-23-24-33-32-9-4-6-13-36(32)40(2,3)37(33)25-30)29-21-17-27(18-22-29)31-11-8-12-35-34-10-5-7-14-38(34)42-39(31)35/h2-37H,1H3;2-33H,1H3;4-25H,1-3H3. The molecule has 0 fully saturated rings. The Bertz CT molecular complexity index is 9330. The van der Waals surface area contributed by atoms with Crippen LogP contribution in [-0.4, -0.2) is 0 Å². The number of anilines is 9. The second-order valence-electron chi connectivity index (χ2n) is 39.6. The molecule has 0 unspecified atom stereocenters. The lowest BCUT2D eigenvalue weighted by Crippen LogP contribution is -2.16. The maximum absolute atomic E-state index is 6.41. The zero-order valence-electron chi connectivity index (χ0n) is 84.0. The first-order chi connectivity index (χ1) is 73.8. The predicted octanol–water partition coefficient (Wildman–Crippen LogP) is 41.1. The van der Waals surface area contributed by atoms with Crippen LogP contribution in [0, 0.1) is 20.8 Å². The number of benzene rings is 23. The van der Waals surface area contributed by atoms with E-state index in [-0.39, 0.29) is 5.41 Å². The zero-order valence-corrected chi connectivity index (χ0v) is 84.0. The average molecular weight is 1930 g/mol. The highest BCUT2D eigenvalue weighted by Gasteiger charge is 2.36. The Morgan fingerprint density at radius 3 is 0.673 bits per heavy atom. The Kier molecular flexibility index (Phi) is 24.4. The first-order valence-electron chi connectivity index (χ1n) is 51.5. The van der Waals surface area contributed by atoms with Gasteiger partial charge in [-0.3, -0.25) is 0 Å². The molecule has 0 saturated heterocycles. The molecule has 0 saturated carbocycles. The van der Waals surface area contributed by atoms with Gasteiger partial charge in [-0.15, -0.1) is 0 Å². The van der Waals surface area contributed by atoms with E-state index >= 15 is 0 Å². The third-order valence-corrected chi connectivity index (χ3v) is 29.7. The lowest BCUT2D eigenvalue weighted by atomic mass is 9.82. The molecule has 0 aliphatic heterocycles. The van der Waals surface area contributed by atoms with Crippen molar-refractivity contribution >= 4 is 117 Å². The van der Waals surface area contributed by atoms with Crippen molar-refractivity contribution in [3.05, 3.63) is 574 Å². The van der Waals surface area contributed by atoms with Crippen LogP contribution >= 0.6 is 0 Å². The van der Waals surface area contributed by atoms with Crippen molar-refractivity contribution in [1.29, 1.82) is 0 Å². The van der Waals surface area contributed by atoms with Gasteiger partial charge in [0.2, 0.25) is 0 Å². The molecule has 0 bridgehead atoms. The number of rotatable bonds is 19. The van der Waals surface area contributed by atoms with Gasteiger partial charge in [0.15, 0.2) is 0 Å². The average Bonchev–Trinajstić information content (AvgIpc) is 1.57. The van der Waals surface area contributed by atoms with E-state index in [1.165, 1.54) is 111 Å². The first kappa shape index (κ1) is 92.0. The molecule has 0 radical (unpaired) electrons. The highest BCUT2D eigenvalue weighted by molar-refractivity contribution is 6.12. The topological polar surface area (TPSA) is 49.1 Å². The van der Waals surface area contributed by atoms with Crippen LogP contribution in [-0.2, 0) is 5.41 Å². The van der Waals surface area contributed by atoms with Crippen molar-refractivity contribution in [2.45, 2.75) is 40.0 Å². The Balaban J connectivity index is 0.000000118. The number of para-hydroxylation sites is 6. The van der Waals surface area contributed by atoms with Crippen molar-refractivity contribution < 1.29 is 13.3 Å². The number of furan rings is 3. The summed E-state index contributed by atoms with van der Waals surface area (Å²) in [6, 6.07) is 196. The number of aryl methyl sites for hydroxylation is 3. The molecule has 6 heteroatoms. The Morgan fingerprint density at radius 2 is 0.353 bits per heavy atom. The van der Waals surface area contributed by atoms with Gasteiger partial charge in [-0.05, 0) is 283 Å². The molecule has 23 aromatic carbocycles. The van der Waals surface area contributed by atoms with Crippen LogP contribution < -0.4 is 14.7 Å². The lowest BCUT2D eigenvalue weighted by Gasteiger charge is -2.28. The van der Waals surface area contributed by atoms with Gasteiger partial charge in [-0.1, -0.05) is 431 Å². The molecule has 714 valence electrons. The smallest absolute Gasteiger partial charge is 0.143 e. The van der Waals surface area contributed by atoms with Gasteiger partial charge in [0.05, 0.1) is 0 Å². The third kappa shape index (κ3) is 18.0. The monoisotopic (exact) mass is 1920 g/mol.